The van der Waals surface area contributed by atoms with Crippen LogP contribution in [0.3, 0.4) is 0 Å². The first-order valence-corrected chi connectivity index (χ1v) is 6.80. The number of hydrogen-bond acceptors (Lipinski definition) is 5. The predicted octanol–water partition coefficient (Wildman–Crippen LogP) is 2.96. The molecule has 2 aromatic rings. The van der Waals surface area contributed by atoms with Crippen LogP contribution in [-0.2, 0) is 6.42 Å². The Balaban J connectivity index is 2.09. The van der Waals surface area contributed by atoms with Crippen LogP contribution >= 0.6 is 0 Å². The van der Waals surface area contributed by atoms with Crippen LogP contribution < -0.4 is 16.2 Å². The Morgan fingerprint density at radius 3 is 2.81 bits per heavy atom. The molecule has 21 heavy (non-hydrogen) atoms. The maximum absolute atomic E-state index is 11.1. The number of non-ortho nitro benzene ring substituents is 1. The van der Waals surface area contributed by atoms with Gasteiger partial charge in [0.2, 0.25) is 0 Å². The Morgan fingerprint density at radius 1 is 1.24 bits per heavy atom. The van der Waals surface area contributed by atoms with Gasteiger partial charge in [0.25, 0.3) is 5.69 Å². The summed E-state index contributed by atoms with van der Waals surface area (Å²) >= 11 is 0. The normalized spacial score (nSPS) is 13.7. The number of fused-ring (bicyclic) bond motifs is 1. The van der Waals surface area contributed by atoms with E-state index in [1.54, 1.807) is 6.07 Å². The Kier molecular flexibility index (Phi) is 3.45. The Bertz CT molecular complexity index is 687. The Hall–Kier alpha value is -2.60. The molecule has 0 atom stereocenters. The molecule has 0 unspecified atom stereocenters. The summed E-state index contributed by atoms with van der Waals surface area (Å²) in [6.45, 7) is 0.836. The number of benzene rings is 2. The number of rotatable bonds is 3. The largest absolute Gasteiger partial charge is 0.341 e. The van der Waals surface area contributed by atoms with Gasteiger partial charge < -0.3 is 10.3 Å². The summed E-state index contributed by atoms with van der Waals surface area (Å²) in [5.74, 6) is 5.42. The van der Waals surface area contributed by atoms with E-state index < -0.39 is 4.92 Å². The van der Waals surface area contributed by atoms with Crippen molar-refractivity contribution in [3.8, 4) is 0 Å². The maximum atomic E-state index is 11.1. The number of nitrogens with zero attached hydrogens (tertiary/aromatic N) is 2. The summed E-state index contributed by atoms with van der Waals surface area (Å²) < 4.78 is 0. The number of hydrazine groups is 1. The molecule has 6 nitrogen and oxygen atoms in total. The van der Waals surface area contributed by atoms with Crippen molar-refractivity contribution in [1.82, 2.24) is 0 Å². The molecule has 0 aromatic heterocycles. The minimum Gasteiger partial charge on any atom is -0.341 e. The van der Waals surface area contributed by atoms with E-state index in [2.05, 4.69) is 16.4 Å². The standard InChI is InChI=1S/C15H16N4O2/c16-17-12-8-13(10-14(9-12)19(20)21)18-7-3-5-11-4-1-2-6-15(11)18/h1-2,4,6,8-10,17H,3,5,7,16H2. The number of nitrogens with one attached hydrogen (secondary N) is 1. The van der Waals surface area contributed by atoms with Gasteiger partial charge >= 0.3 is 0 Å². The molecule has 1 aliphatic rings. The van der Waals surface area contributed by atoms with E-state index in [1.165, 1.54) is 11.6 Å². The van der Waals surface area contributed by atoms with Crippen molar-refractivity contribution in [2.45, 2.75) is 12.8 Å². The molecule has 1 aliphatic heterocycles. The number of nitro groups is 1. The van der Waals surface area contributed by atoms with Crippen LogP contribution in [0.25, 0.3) is 0 Å². The molecule has 0 saturated heterocycles. The van der Waals surface area contributed by atoms with Gasteiger partial charge in [-0.15, -0.1) is 0 Å². The Labute approximate surface area is 122 Å². The van der Waals surface area contributed by atoms with Gasteiger partial charge in [-0.05, 0) is 30.5 Å². The molecule has 108 valence electrons. The monoisotopic (exact) mass is 284 g/mol. The molecule has 0 bridgehead atoms. The van der Waals surface area contributed by atoms with Crippen LogP contribution in [0.1, 0.15) is 12.0 Å². The number of nitrogen functional groups attached to an aromatic ring is 1. The summed E-state index contributed by atoms with van der Waals surface area (Å²) in [6.07, 6.45) is 2.05. The summed E-state index contributed by atoms with van der Waals surface area (Å²) in [5.41, 5.74) is 6.20. The molecule has 0 fully saturated rings. The van der Waals surface area contributed by atoms with Crippen LogP contribution in [0.5, 0.6) is 0 Å². The van der Waals surface area contributed by atoms with Gasteiger partial charge in [0.05, 0.1) is 16.3 Å². The van der Waals surface area contributed by atoms with Gasteiger partial charge in [0, 0.05) is 24.4 Å². The molecule has 0 aliphatic carbocycles. The third-order valence-corrected chi connectivity index (χ3v) is 3.70. The van der Waals surface area contributed by atoms with E-state index in [9.17, 15) is 10.1 Å². The fourth-order valence-electron chi connectivity index (χ4n) is 2.74. The number of para-hydroxylation sites is 1. The van der Waals surface area contributed by atoms with E-state index in [-0.39, 0.29) is 5.69 Å². The fourth-order valence-corrected chi connectivity index (χ4v) is 2.74. The van der Waals surface area contributed by atoms with Gasteiger partial charge in [0.1, 0.15) is 0 Å². The molecule has 3 N–H and O–H groups in total. The summed E-state index contributed by atoms with van der Waals surface area (Å²) in [5, 5.41) is 11.1. The van der Waals surface area contributed by atoms with Gasteiger partial charge in [-0.3, -0.25) is 16.0 Å². The first kappa shape index (κ1) is 13.4. The second-order valence-corrected chi connectivity index (χ2v) is 5.02. The van der Waals surface area contributed by atoms with Gasteiger partial charge in [-0.25, -0.2) is 0 Å². The lowest BCUT2D eigenvalue weighted by molar-refractivity contribution is -0.384. The number of hydrogen-bond donors (Lipinski definition) is 2. The lowest BCUT2D eigenvalue weighted by Crippen LogP contribution is -2.24. The number of aryl methyl sites for hydroxylation is 1. The van der Waals surface area contributed by atoms with Crippen LogP contribution in [0.2, 0.25) is 0 Å². The highest BCUT2D eigenvalue weighted by Gasteiger charge is 2.20. The summed E-state index contributed by atoms with van der Waals surface area (Å²) in [6, 6.07) is 13.0. The quantitative estimate of drug-likeness (QED) is 0.514. The molecule has 3 rings (SSSR count). The number of nitro benzene ring substituents is 1. The van der Waals surface area contributed by atoms with Crippen LogP contribution in [0.15, 0.2) is 42.5 Å². The van der Waals surface area contributed by atoms with Crippen molar-refractivity contribution in [1.29, 1.82) is 0 Å². The highest BCUT2D eigenvalue weighted by atomic mass is 16.6. The van der Waals surface area contributed by atoms with Crippen molar-refractivity contribution in [2.24, 2.45) is 5.84 Å². The van der Waals surface area contributed by atoms with Gasteiger partial charge in [-0.2, -0.15) is 0 Å². The van der Waals surface area contributed by atoms with Crippen LogP contribution in [0.4, 0.5) is 22.7 Å². The van der Waals surface area contributed by atoms with Gasteiger partial charge in [-0.1, -0.05) is 18.2 Å². The minimum atomic E-state index is -0.403. The third kappa shape index (κ3) is 2.53. The maximum Gasteiger partial charge on any atom is 0.273 e. The van der Waals surface area contributed by atoms with E-state index in [4.69, 9.17) is 5.84 Å². The van der Waals surface area contributed by atoms with Crippen molar-refractivity contribution in [2.75, 3.05) is 16.9 Å². The van der Waals surface area contributed by atoms with E-state index in [0.717, 1.165) is 30.8 Å². The van der Waals surface area contributed by atoms with E-state index in [1.807, 2.05) is 24.3 Å². The zero-order valence-corrected chi connectivity index (χ0v) is 11.5. The fraction of sp³-hybridized carbons (Fsp3) is 0.200. The smallest absolute Gasteiger partial charge is 0.273 e. The number of anilines is 3. The lowest BCUT2D eigenvalue weighted by atomic mass is 10.0. The predicted molar refractivity (Wildman–Crippen MR) is 82.7 cm³/mol. The summed E-state index contributed by atoms with van der Waals surface area (Å²) in [4.78, 5) is 12.8. The van der Waals surface area contributed by atoms with Crippen molar-refractivity contribution >= 4 is 22.7 Å². The van der Waals surface area contributed by atoms with E-state index in [0.29, 0.717) is 5.69 Å². The second kappa shape index (κ2) is 5.41. The SMILES string of the molecule is NNc1cc(N2CCCc3ccccc32)cc([N+](=O)[O-])c1. The van der Waals surface area contributed by atoms with Gasteiger partial charge in [0.15, 0.2) is 0 Å². The summed E-state index contributed by atoms with van der Waals surface area (Å²) in [7, 11) is 0. The van der Waals surface area contributed by atoms with E-state index >= 15 is 0 Å². The number of nitrogens with two attached hydrogens (primary N) is 1. The third-order valence-electron chi connectivity index (χ3n) is 3.70. The molecule has 0 amide bonds. The zero-order valence-electron chi connectivity index (χ0n) is 11.5. The average molecular weight is 284 g/mol. The molecule has 2 aromatic carbocycles. The molecular formula is C15H16N4O2. The molecular weight excluding hydrogens is 268 g/mol. The van der Waals surface area contributed by atoms with Crippen LogP contribution in [0, 0.1) is 10.1 Å². The molecule has 0 spiro atoms. The van der Waals surface area contributed by atoms with Crippen molar-refractivity contribution < 1.29 is 4.92 Å². The molecule has 0 saturated carbocycles. The van der Waals surface area contributed by atoms with Crippen molar-refractivity contribution in [3.63, 3.8) is 0 Å². The first-order chi connectivity index (χ1) is 10.2. The topological polar surface area (TPSA) is 84.4 Å². The lowest BCUT2D eigenvalue weighted by Gasteiger charge is -2.31. The average Bonchev–Trinajstić information content (AvgIpc) is 2.53. The zero-order chi connectivity index (χ0) is 14.8. The molecule has 1 heterocycles. The van der Waals surface area contributed by atoms with Crippen molar-refractivity contribution in [3.05, 3.63) is 58.1 Å². The first-order valence-electron chi connectivity index (χ1n) is 6.80. The van der Waals surface area contributed by atoms with Crippen LogP contribution in [-0.4, -0.2) is 11.5 Å². The Morgan fingerprint density at radius 2 is 2.05 bits per heavy atom. The highest BCUT2D eigenvalue weighted by molar-refractivity contribution is 5.73. The molecule has 6 heteroatoms. The minimum absolute atomic E-state index is 0.0310. The highest BCUT2D eigenvalue weighted by Crippen LogP contribution is 2.36. The molecule has 0 radical (unpaired) electrons. The second-order valence-electron chi connectivity index (χ2n) is 5.02.